The van der Waals surface area contributed by atoms with Gasteiger partial charge in [-0.3, -0.25) is 19.8 Å². The number of rotatable bonds is 5. The van der Waals surface area contributed by atoms with Crippen LogP contribution in [-0.4, -0.2) is 36.1 Å². The Morgan fingerprint density at radius 2 is 1.94 bits per heavy atom. The fourth-order valence-electron chi connectivity index (χ4n) is 3.28. The fraction of sp³-hybridized carbons (Fsp3) is 0.304. The normalized spacial score (nSPS) is 13.9. The number of nitrogens with zero attached hydrogens (tertiary/aromatic N) is 2. The van der Waals surface area contributed by atoms with Crippen molar-refractivity contribution in [2.24, 2.45) is 0 Å². The number of hydrogen-bond donors (Lipinski definition) is 3. The van der Waals surface area contributed by atoms with Gasteiger partial charge in [-0.1, -0.05) is 20.8 Å². The number of hydrogen-bond acceptors (Lipinski definition) is 6. The molecule has 1 heterocycles. The van der Waals surface area contributed by atoms with Gasteiger partial charge in [0.25, 0.3) is 5.91 Å². The molecule has 32 heavy (non-hydrogen) atoms. The average Bonchev–Trinajstić information content (AvgIpc) is 2.73. The predicted octanol–water partition coefficient (Wildman–Crippen LogP) is 3.29. The molecule has 0 aromatic heterocycles. The zero-order valence-electron chi connectivity index (χ0n) is 18.1. The number of phenols is 1. The van der Waals surface area contributed by atoms with E-state index in [1.807, 2.05) is 26.8 Å². The van der Waals surface area contributed by atoms with E-state index in [1.54, 1.807) is 30.3 Å². The predicted molar refractivity (Wildman–Crippen MR) is 118 cm³/mol. The second kappa shape index (κ2) is 8.98. The molecule has 9 heteroatoms. The van der Waals surface area contributed by atoms with E-state index in [9.17, 15) is 19.5 Å². The highest BCUT2D eigenvalue weighted by molar-refractivity contribution is 6.09. The Morgan fingerprint density at radius 3 is 2.53 bits per heavy atom. The van der Waals surface area contributed by atoms with Crippen molar-refractivity contribution in [3.05, 3.63) is 47.5 Å². The number of urea groups is 1. The molecule has 1 aliphatic heterocycles. The number of carbonyl (C=O) groups is 3. The van der Waals surface area contributed by atoms with Gasteiger partial charge in [-0.25, -0.2) is 4.79 Å². The third-order valence-corrected chi connectivity index (χ3v) is 4.93. The quantitative estimate of drug-likeness (QED) is 0.659. The van der Waals surface area contributed by atoms with Crippen LogP contribution in [0.1, 0.15) is 43.1 Å². The van der Waals surface area contributed by atoms with Crippen LogP contribution in [0, 0.1) is 11.3 Å². The van der Waals surface area contributed by atoms with Gasteiger partial charge in [-0.15, -0.1) is 0 Å². The lowest BCUT2D eigenvalue weighted by Gasteiger charge is -2.29. The fourth-order valence-corrected chi connectivity index (χ4v) is 3.28. The van der Waals surface area contributed by atoms with Crippen molar-refractivity contribution in [1.82, 2.24) is 5.32 Å². The van der Waals surface area contributed by atoms with Gasteiger partial charge in [-0.05, 0) is 41.8 Å². The van der Waals surface area contributed by atoms with Crippen molar-refractivity contribution in [3.63, 3.8) is 0 Å². The molecule has 0 atom stereocenters. The molecule has 166 valence electrons. The van der Waals surface area contributed by atoms with E-state index < -0.39 is 17.4 Å². The van der Waals surface area contributed by atoms with E-state index >= 15 is 0 Å². The van der Waals surface area contributed by atoms with Crippen LogP contribution in [0.15, 0.2) is 36.4 Å². The van der Waals surface area contributed by atoms with Crippen LogP contribution in [0.4, 0.5) is 16.2 Å². The SMILES string of the molecule is CC(C)(C)c1cc(N2CCC(=O)NC2=O)cc(C(=O)Nc2ccc(OCC#N)cc2)c1O. The molecule has 1 saturated heterocycles. The molecular weight excluding hydrogens is 412 g/mol. The molecule has 2 aromatic carbocycles. The first-order valence-corrected chi connectivity index (χ1v) is 10.00. The van der Waals surface area contributed by atoms with Crippen LogP contribution >= 0.6 is 0 Å². The second-order valence-corrected chi connectivity index (χ2v) is 8.32. The Morgan fingerprint density at radius 1 is 1.25 bits per heavy atom. The highest BCUT2D eigenvalue weighted by atomic mass is 16.5. The zero-order valence-corrected chi connectivity index (χ0v) is 18.1. The smallest absolute Gasteiger partial charge is 0.328 e. The van der Waals surface area contributed by atoms with Gasteiger partial charge >= 0.3 is 6.03 Å². The summed E-state index contributed by atoms with van der Waals surface area (Å²) in [5.41, 5.74) is 0.842. The number of anilines is 2. The van der Waals surface area contributed by atoms with Crippen molar-refractivity contribution in [1.29, 1.82) is 5.26 Å². The Labute approximate surface area is 185 Å². The Hall–Kier alpha value is -4.06. The molecule has 0 radical (unpaired) electrons. The van der Waals surface area contributed by atoms with Crippen LogP contribution in [0.3, 0.4) is 0 Å². The van der Waals surface area contributed by atoms with Gasteiger partial charge in [0.05, 0.1) is 5.56 Å². The zero-order chi connectivity index (χ0) is 23.5. The summed E-state index contributed by atoms with van der Waals surface area (Å²) in [7, 11) is 0. The Bertz CT molecular complexity index is 1100. The number of nitriles is 1. The number of carbonyl (C=O) groups excluding carboxylic acids is 3. The molecule has 1 aliphatic rings. The van der Waals surface area contributed by atoms with E-state index in [-0.39, 0.29) is 36.8 Å². The summed E-state index contributed by atoms with van der Waals surface area (Å²) in [5.74, 6) is -0.619. The van der Waals surface area contributed by atoms with Crippen LogP contribution in [0.25, 0.3) is 0 Å². The van der Waals surface area contributed by atoms with Crippen LogP contribution < -0.4 is 20.3 Å². The van der Waals surface area contributed by atoms with Crippen molar-refractivity contribution in [3.8, 4) is 17.6 Å². The van der Waals surface area contributed by atoms with Crippen molar-refractivity contribution in [2.75, 3.05) is 23.4 Å². The summed E-state index contributed by atoms with van der Waals surface area (Å²) in [5, 5.41) is 24.4. The summed E-state index contributed by atoms with van der Waals surface area (Å²) in [6.45, 7) is 5.73. The van der Waals surface area contributed by atoms with Gasteiger partial charge in [0, 0.05) is 29.9 Å². The maximum absolute atomic E-state index is 13.0. The first-order valence-electron chi connectivity index (χ1n) is 10.00. The van der Waals surface area contributed by atoms with Crippen LogP contribution in [0.5, 0.6) is 11.5 Å². The standard InChI is InChI=1S/C23H24N4O5/c1-23(2,3)18-13-15(27-10-8-19(28)26-22(27)31)12-17(20(18)29)21(30)25-14-4-6-16(7-5-14)32-11-9-24/h4-7,12-13,29H,8,10-11H2,1-3H3,(H,25,30)(H,26,28,31). The minimum Gasteiger partial charge on any atom is -0.507 e. The molecule has 3 N–H and O–H groups in total. The first-order chi connectivity index (χ1) is 15.1. The topological polar surface area (TPSA) is 132 Å². The monoisotopic (exact) mass is 436 g/mol. The maximum Gasteiger partial charge on any atom is 0.328 e. The number of amides is 4. The summed E-state index contributed by atoms with van der Waals surface area (Å²) in [4.78, 5) is 38.2. The van der Waals surface area contributed by atoms with E-state index in [1.165, 1.54) is 11.0 Å². The Balaban J connectivity index is 1.94. The van der Waals surface area contributed by atoms with Gasteiger partial charge in [0.2, 0.25) is 5.91 Å². The molecule has 0 spiro atoms. The minimum atomic E-state index is -0.578. The molecule has 4 amide bonds. The van der Waals surface area contributed by atoms with Gasteiger partial charge < -0.3 is 15.2 Å². The van der Waals surface area contributed by atoms with E-state index in [4.69, 9.17) is 10.00 Å². The number of phenolic OH excluding ortho intramolecular Hbond substituents is 1. The lowest BCUT2D eigenvalue weighted by molar-refractivity contribution is -0.120. The van der Waals surface area contributed by atoms with Crippen LogP contribution in [0.2, 0.25) is 0 Å². The van der Waals surface area contributed by atoms with Crippen molar-refractivity contribution in [2.45, 2.75) is 32.6 Å². The number of imide groups is 1. The molecule has 3 rings (SSSR count). The highest BCUT2D eigenvalue weighted by Crippen LogP contribution is 2.37. The second-order valence-electron chi connectivity index (χ2n) is 8.32. The summed E-state index contributed by atoms with van der Waals surface area (Å²) in [6, 6.07) is 10.8. The van der Waals surface area contributed by atoms with E-state index in [0.717, 1.165) is 0 Å². The van der Waals surface area contributed by atoms with Gasteiger partial charge in [0.15, 0.2) is 6.61 Å². The lowest BCUT2D eigenvalue weighted by Crippen LogP contribution is -2.49. The Kier molecular flexibility index (Phi) is 6.35. The molecule has 1 fully saturated rings. The third-order valence-electron chi connectivity index (χ3n) is 4.93. The number of nitrogens with one attached hydrogen (secondary N) is 2. The van der Waals surface area contributed by atoms with E-state index in [0.29, 0.717) is 22.7 Å². The number of ether oxygens (including phenoxy) is 1. The van der Waals surface area contributed by atoms with Crippen molar-refractivity contribution < 1.29 is 24.2 Å². The highest BCUT2D eigenvalue weighted by Gasteiger charge is 2.29. The molecular formula is C23H24N4O5. The van der Waals surface area contributed by atoms with E-state index in [2.05, 4.69) is 10.6 Å². The maximum atomic E-state index is 13.0. The minimum absolute atomic E-state index is 0.00179. The largest absolute Gasteiger partial charge is 0.507 e. The van der Waals surface area contributed by atoms with Crippen molar-refractivity contribution >= 4 is 29.2 Å². The molecule has 0 bridgehead atoms. The molecule has 0 aliphatic carbocycles. The lowest BCUT2D eigenvalue weighted by atomic mass is 9.84. The summed E-state index contributed by atoms with van der Waals surface area (Å²) >= 11 is 0. The number of aromatic hydroxyl groups is 1. The van der Waals surface area contributed by atoms with Gasteiger partial charge in [-0.2, -0.15) is 5.26 Å². The molecule has 0 saturated carbocycles. The summed E-state index contributed by atoms with van der Waals surface area (Å²) < 4.78 is 5.19. The van der Waals surface area contributed by atoms with Crippen LogP contribution in [-0.2, 0) is 10.2 Å². The molecule has 9 nitrogen and oxygen atoms in total. The summed E-state index contributed by atoms with van der Waals surface area (Å²) in [6.07, 6.45) is 0.138. The molecule has 2 aromatic rings. The third kappa shape index (κ3) is 4.98. The average molecular weight is 436 g/mol. The van der Waals surface area contributed by atoms with Gasteiger partial charge in [0.1, 0.15) is 17.6 Å². The number of benzene rings is 2. The first kappa shape index (κ1) is 22.6. The molecule has 0 unspecified atom stereocenters.